The standard InChI is InChI=1S/C12H22N2O/c1-9(8-13)10-6-11(2,3)14(15)12(4,5)7-10/h9-10,15H,6-7H2,1-5H3. The van der Waals surface area contributed by atoms with Crippen LogP contribution in [0.1, 0.15) is 47.5 Å². The molecular formula is C12H22N2O. The average Bonchev–Trinajstić information content (AvgIpc) is 2.11. The van der Waals surface area contributed by atoms with Gasteiger partial charge in [-0.25, -0.2) is 0 Å². The Morgan fingerprint density at radius 1 is 1.27 bits per heavy atom. The molecule has 1 aliphatic heterocycles. The van der Waals surface area contributed by atoms with Crippen molar-refractivity contribution in [2.24, 2.45) is 11.8 Å². The van der Waals surface area contributed by atoms with Crippen LogP contribution in [0.4, 0.5) is 0 Å². The van der Waals surface area contributed by atoms with E-state index < -0.39 is 0 Å². The van der Waals surface area contributed by atoms with Crippen molar-refractivity contribution in [3.8, 4) is 6.07 Å². The molecule has 3 heteroatoms. The number of nitriles is 1. The maximum Gasteiger partial charge on any atom is 0.0655 e. The molecule has 0 aromatic rings. The first-order chi connectivity index (χ1) is 6.70. The maximum atomic E-state index is 10.1. The SMILES string of the molecule is CC(C#N)C1CC(C)(C)N(O)C(C)(C)C1. The predicted octanol–water partition coefficient (Wildman–Crippen LogP) is 2.80. The zero-order chi connectivity index (χ0) is 11.9. The highest BCUT2D eigenvalue weighted by atomic mass is 16.5. The van der Waals surface area contributed by atoms with Crippen LogP contribution in [0, 0.1) is 23.2 Å². The van der Waals surface area contributed by atoms with Crippen LogP contribution in [-0.2, 0) is 0 Å². The van der Waals surface area contributed by atoms with Gasteiger partial charge in [-0.15, -0.1) is 0 Å². The number of rotatable bonds is 1. The largest absolute Gasteiger partial charge is 0.313 e. The van der Waals surface area contributed by atoms with Crippen molar-refractivity contribution in [2.75, 3.05) is 0 Å². The van der Waals surface area contributed by atoms with E-state index in [2.05, 4.69) is 6.07 Å². The van der Waals surface area contributed by atoms with E-state index in [1.54, 1.807) is 0 Å². The van der Waals surface area contributed by atoms with Gasteiger partial charge < -0.3 is 5.21 Å². The number of hydrogen-bond acceptors (Lipinski definition) is 3. The summed E-state index contributed by atoms with van der Waals surface area (Å²) in [5.41, 5.74) is -0.477. The minimum atomic E-state index is -0.239. The third-order valence-corrected chi connectivity index (χ3v) is 3.58. The van der Waals surface area contributed by atoms with E-state index >= 15 is 0 Å². The van der Waals surface area contributed by atoms with Gasteiger partial charge in [0.05, 0.1) is 6.07 Å². The molecule has 15 heavy (non-hydrogen) atoms. The molecule has 0 radical (unpaired) electrons. The molecule has 0 aliphatic carbocycles. The highest BCUT2D eigenvalue weighted by Gasteiger charge is 2.46. The molecule has 1 N–H and O–H groups in total. The summed E-state index contributed by atoms with van der Waals surface area (Å²) >= 11 is 0. The van der Waals surface area contributed by atoms with Gasteiger partial charge in [-0.1, -0.05) is 0 Å². The lowest BCUT2D eigenvalue weighted by Gasteiger charge is -2.52. The lowest BCUT2D eigenvalue weighted by Crippen LogP contribution is -2.59. The molecule has 3 nitrogen and oxygen atoms in total. The van der Waals surface area contributed by atoms with Crippen LogP contribution in [0.5, 0.6) is 0 Å². The van der Waals surface area contributed by atoms with Crippen molar-refractivity contribution < 1.29 is 5.21 Å². The molecule has 86 valence electrons. The van der Waals surface area contributed by atoms with Gasteiger partial charge in [-0.3, -0.25) is 0 Å². The Hall–Kier alpha value is -0.590. The molecule has 0 amide bonds. The van der Waals surface area contributed by atoms with Gasteiger partial charge in [-0.05, 0) is 53.4 Å². The predicted molar refractivity (Wildman–Crippen MR) is 59.3 cm³/mol. The van der Waals surface area contributed by atoms with Gasteiger partial charge in [0.25, 0.3) is 0 Å². The second kappa shape index (κ2) is 3.77. The fraction of sp³-hybridized carbons (Fsp3) is 0.917. The molecule has 1 atom stereocenters. The van der Waals surface area contributed by atoms with E-state index in [0.29, 0.717) is 5.92 Å². The van der Waals surface area contributed by atoms with E-state index in [9.17, 15) is 5.21 Å². The van der Waals surface area contributed by atoms with Crippen LogP contribution in [0.3, 0.4) is 0 Å². The average molecular weight is 210 g/mol. The highest BCUT2D eigenvalue weighted by molar-refractivity contribution is 5.00. The van der Waals surface area contributed by atoms with E-state index in [-0.39, 0.29) is 17.0 Å². The molecule has 1 rings (SSSR count). The second-order valence-corrected chi connectivity index (χ2v) is 6.02. The van der Waals surface area contributed by atoms with Crippen molar-refractivity contribution in [3.05, 3.63) is 0 Å². The summed E-state index contributed by atoms with van der Waals surface area (Å²) in [5, 5.41) is 20.5. The van der Waals surface area contributed by atoms with Crippen LogP contribution in [-0.4, -0.2) is 21.3 Å². The summed E-state index contributed by atoms with van der Waals surface area (Å²) in [6, 6.07) is 2.32. The first-order valence-electron chi connectivity index (χ1n) is 5.59. The van der Waals surface area contributed by atoms with Crippen LogP contribution >= 0.6 is 0 Å². The molecule has 0 spiro atoms. The van der Waals surface area contributed by atoms with Gasteiger partial charge in [0.2, 0.25) is 0 Å². The fourth-order valence-corrected chi connectivity index (χ4v) is 2.81. The van der Waals surface area contributed by atoms with Crippen LogP contribution in [0.2, 0.25) is 0 Å². The van der Waals surface area contributed by atoms with Crippen molar-refractivity contribution in [2.45, 2.75) is 58.5 Å². The van der Waals surface area contributed by atoms with Gasteiger partial charge in [0.1, 0.15) is 0 Å². The van der Waals surface area contributed by atoms with Crippen molar-refractivity contribution in [1.29, 1.82) is 5.26 Å². The summed E-state index contributed by atoms with van der Waals surface area (Å²) in [5.74, 6) is 0.445. The Kier molecular flexibility index (Phi) is 3.14. The summed E-state index contributed by atoms with van der Waals surface area (Å²) in [4.78, 5) is 0. The summed E-state index contributed by atoms with van der Waals surface area (Å²) in [6.07, 6.45) is 1.75. The quantitative estimate of drug-likeness (QED) is 0.724. The number of hydroxylamine groups is 2. The van der Waals surface area contributed by atoms with E-state index in [0.717, 1.165) is 12.8 Å². The van der Waals surface area contributed by atoms with Gasteiger partial charge in [0, 0.05) is 17.0 Å². The lowest BCUT2D eigenvalue weighted by atomic mass is 9.71. The first-order valence-corrected chi connectivity index (χ1v) is 5.59. The third kappa shape index (κ3) is 2.32. The molecule has 0 saturated carbocycles. The third-order valence-electron chi connectivity index (χ3n) is 3.58. The molecule has 1 aliphatic rings. The van der Waals surface area contributed by atoms with E-state index in [1.807, 2.05) is 34.6 Å². The molecule has 0 aromatic carbocycles. The Balaban J connectivity index is 2.90. The smallest absolute Gasteiger partial charge is 0.0655 e. The second-order valence-electron chi connectivity index (χ2n) is 6.02. The number of hydrogen-bond donors (Lipinski definition) is 1. The summed E-state index contributed by atoms with van der Waals surface area (Å²) in [7, 11) is 0. The van der Waals surface area contributed by atoms with E-state index in [1.165, 1.54) is 5.06 Å². The molecular weight excluding hydrogens is 188 g/mol. The van der Waals surface area contributed by atoms with Gasteiger partial charge in [-0.2, -0.15) is 10.3 Å². The molecule has 1 fully saturated rings. The molecule has 1 saturated heterocycles. The van der Waals surface area contributed by atoms with E-state index in [4.69, 9.17) is 5.26 Å². The Bertz CT molecular complexity index is 260. The molecule has 1 unspecified atom stereocenters. The zero-order valence-electron chi connectivity index (χ0n) is 10.4. The van der Waals surface area contributed by atoms with Crippen LogP contribution < -0.4 is 0 Å². The van der Waals surface area contributed by atoms with Gasteiger partial charge in [0.15, 0.2) is 0 Å². The van der Waals surface area contributed by atoms with Crippen molar-refractivity contribution >= 4 is 0 Å². The topological polar surface area (TPSA) is 47.3 Å². The van der Waals surface area contributed by atoms with Crippen LogP contribution in [0.15, 0.2) is 0 Å². The van der Waals surface area contributed by atoms with Crippen molar-refractivity contribution in [3.63, 3.8) is 0 Å². The van der Waals surface area contributed by atoms with Crippen LogP contribution in [0.25, 0.3) is 0 Å². The summed E-state index contributed by atoms with van der Waals surface area (Å²) < 4.78 is 0. The number of nitrogens with zero attached hydrogens (tertiary/aromatic N) is 2. The Labute approximate surface area is 92.6 Å². The minimum absolute atomic E-state index is 0.0669. The van der Waals surface area contributed by atoms with Gasteiger partial charge >= 0.3 is 0 Å². The minimum Gasteiger partial charge on any atom is -0.313 e. The summed E-state index contributed by atoms with van der Waals surface area (Å²) in [6.45, 7) is 10.1. The lowest BCUT2D eigenvalue weighted by molar-refractivity contribution is -0.252. The Morgan fingerprint density at radius 3 is 2.00 bits per heavy atom. The zero-order valence-corrected chi connectivity index (χ0v) is 10.4. The fourth-order valence-electron chi connectivity index (χ4n) is 2.81. The normalized spacial score (nSPS) is 28.3. The highest BCUT2D eigenvalue weighted by Crippen LogP contribution is 2.42. The number of piperidine rings is 1. The molecule has 0 aromatic heterocycles. The molecule has 0 bridgehead atoms. The first kappa shape index (κ1) is 12.5. The van der Waals surface area contributed by atoms with Crippen molar-refractivity contribution in [1.82, 2.24) is 5.06 Å². The maximum absolute atomic E-state index is 10.1. The Morgan fingerprint density at radius 2 is 1.67 bits per heavy atom. The monoisotopic (exact) mass is 210 g/mol. The molecule has 1 heterocycles.